The number of rotatable bonds is 6. The monoisotopic (exact) mass is 315 g/mol. The zero-order chi connectivity index (χ0) is 16.0. The van der Waals surface area contributed by atoms with E-state index in [4.69, 9.17) is 5.73 Å². The second-order valence-corrected chi connectivity index (χ2v) is 7.46. The molecule has 0 unspecified atom stereocenters. The van der Waals surface area contributed by atoms with Gasteiger partial charge in [-0.3, -0.25) is 4.79 Å². The molecule has 122 valence electrons. The number of likely N-dealkylation sites (tertiary alicyclic amines) is 1. The van der Waals surface area contributed by atoms with Crippen molar-refractivity contribution in [3.63, 3.8) is 0 Å². The molecule has 1 aliphatic heterocycles. The Kier molecular flexibility index (Phi) is 6.84. The average Bonchev–Trinajstić information content (AvgIpc) is 2.43. The van der Waals surface area contributed by atoms with E-state index >= 15 is 0 Å². The van der Waals surface area contributed by atoms with Gasteiger partial charge in [0.25, 0.3) is 0 Å². The minimum atomic E-state index is -0.626. The largest absolute Gasteiger partial charge is 0.352 e. The van der Waals surface area contributed by atoms with Gasteiger partial charge in [0.15, 0.2) is 0 Å². The Hall–Kier alpha value is -0.910. The van der Waals surface area contributed by atoms with Crippen molar-refractivity contribution in [2.24, 2.45) is 17.1 Å². The Bertz CT molecular complexity index is 366. The number of nitrogens with zero attached hydrogens (tertiary/aromatic N) is 1. The van der Waals surface area contributed by atoms with Gasteiger partial charge in [0, 0.05) is 13.1 Å². The summed E-state index contributed by atoms with van der Waals surface area (Å²) in [6.07, 6.45) is 4.64. The normalized spacial score (nSPS) is 19.4. The lowest BCUT2D eigenvalue weighted by molar-refractivity contribution is -0.135. The molecule has 0 aliphatic carbocycles. The molecule has 1 saturated heterocycles. The number of piperidine rings is 1. The van der Waals surface area contributed by atoms with E-state index in [1.807, 2.05) is 11.2 Å². The van der Waals surface area contributed by atoms with Gasteiger partial charge in [-0.25, -0.2) is 4.79 Å². The van der Waals surface area contributed by atoms with Gasteiger partial charge >= 0.3 is 6.03 Å². The number of primary amides is 1. The van der Waals surface area contributed by atoms with Gasteiger partial charge in [0.2, 0.25) is 5.91 Å². The third kappa shape index (κ3) is 5.09. The lowest BCUT2D eigenvalue weighted by atomic mass is 9.72. The van der Waals surface area contributed by atoms with E-state index in [9.17, 15) is 9.59 Å². The SMILES string of the molecule is CSCC[C@@H](NC(N)=O)C(=O)N1CCC(C)(C(C)C)CC1. The molecule has 1 aliphatic rings. The van der Waals surface area contributed by atoms with Crippen LogP contribution in [0.1, 0.15) is 40.0 Å². The molecule has 0 saturated carbocycles. The molecule has 3 amide bonds. The van der Waals surface area contributed by atoms with Crippen LogP contribution in [0.5, 0.6) is 0 Å². The van der Waals surface area contributed by atoms with E-state index in [1.165, 1.54) is 0 Å². The summed E-state index contributed by atoms with van der Waals surface area (Å²) < 4.78 is 0. The molecule has 0 aromatic carbocycles. The Morgan fingerprint density at radius 1 is 1.33 bits per heavy atom. The number of hydrogen-bond donors (Lipinski definition) is 2. The molecule has 0 aromatic rings. The first kappa shape index (κ1) is 18.1. The molecule has 0 aromatic heterocycles. The van der Waals surface area contributed by atoms with Crippen LogP contribution in [-0.4, -0.2) is 48.0 Å². The van der Waals surface area contributed by atoms with Gasteiger partial charge in [-0.1, -0.05) is 20.8 Å². The summed E-state index contributed by atoms with van der Waals surface area (Å²) in [4.78, 5) is 25.5. The van der Waals surface area contributed by atoms with E-state index in [2.05, 4.69) is 26.1 Å². The van der Waals surface area contributed by atoms with E-state index in [-0.39, 0.29) is 5.91 Å². The Balaban J connectivity index is 2.62. The maximum atomic E-state index is 12.6. The maximum absolute atomic E-state index is 12.6. The number of carbonyl (C=O) groups excluding carboxylic acids is 2. The lowest BCUT2D eigenvalue weighted by Crippen LogP contribution is -2.53. The van der Waals surface area contributed by atoms with Crippen LogP contribution in [0.4, 0.5) is 4.79 Å². The van der Waals surface area contributed by atoms with Gasteiger partial charge in [0.1, 0.15) is 6.04 Å². The number of urea groups is 1. The molecule has 0 spiro atoms. The summed E-state index contributed by atoms with van der Waals surface area (Å²) >= 11 is 1.66. The number of nitrogens with one attached hydrogen (secondary N) is 1. The van der Waals surface area contributed by atoms with Crippen LogP contribution in [0.2, 0.25) is 0 Å². The van der Waals surface area contributed by atoms with Gasteiger partial charge in [-0.05, 0) is 42.6 Å². The Labute approximate surface area is 132 Å². The molecule has 21 heavy (non-hydrogen) atoms. The second-order valence-electron chi connectivity index (χ2n) is 6.48. The molecule has 1 heterocycles. The molecule has 1 fully saturated rings. The van der Waals surface area contributed by atoms with Gasteiger partial charge in [-0.15, -0.1) is 0 Å². The van der Waals surface area contributed by atoms with Gasteiger partial charge in [-0.2, -0.15) is 11.8 Å². The van der Waals surface area contributed by atoms with Crippen molar-refractivity contribution in [3.05, 3.63) is 0 Å². The summed E-state index contributed by atoms with van der Waals surface area (Å²) in [7, 11) is 0. The van der Waals surface area contributed by atoms with Gasteiger partial charge in [0.05, 0.1) is 0 Å². The van der Waals surface area contributed by atoms with Crippen LogP contribution in [-0.2, 0) is 4.79 Å². The highest BCUT2D eigenvalue weighted by Gasteiger charge is 2.36. The third-order valence-electron chi connectivity index (χ3n) is 4.84. The number of amides is 3. The number of thioether (sulfide) groups is 1. The summed E-state index contributed by atoms with van der Waals surface area (Å²) in [6.45, 7) is 8.32. The topological polar surface area (TPSA) is 75.4 Å². The Morgan fingerprint density at radius 2 is 1.90 bits per heavy atom. The predicted molar refractivity (Wildman–Crippen MR) is 88.3 cm³/mol. The first-order valence-corrected chi connectivity index (χ1v) is 9.03. The van der Waals surface area contributed by atoms with E-state index in [0.29, 0.717) is 17.8 Å². The zero-order valence-electron chi connectivity index (χ0n) is 13.6. The molecule has 3 N–H and O–H groups in total. The first-order valence-electron chi connectivity index (χ1n) is 7.64. The molecule has 0 radical (unpaired) electrons. The summed E-state index contributed by atoms with van der Waals surface area (Å²) in [6, 6.07) is -1.11. The quantitative estimate of drug-likeness (QED) is 0.788. The zero-order valence-corrected chi connectivity index (χ0v) is 14.5. The third-order valence-corrected chi connectivity index (χ3v) is 5.48. The highest BCUT2D eigenvalue weighted by atomic mass is 32.2. The summed E-state index contributed by atoms with van der Waals surface area (Å²) in [5, 5.41) is 2.59. The summed E-state index contributed by atoms with van der Waals surface area (Å²) in [5.74, 6) is 1.45. The predicted octanol–water partition coefficient (Wildman–Crippen LogP) is 2.06. The smallest absolute Gasteiger partial charge is 0.312 e. The molecular formula is C15H29N3O2S. The van der Waals surface area contributed by atoms with Crippen LogP contribution in [0.3, 0.4) is 0 Å². The fourth-order valence-electron chi connectivity index (χ4n) is 2.70. The standard InChI is InChI=1S/C15H29N3O2S/c1-11(2)15(3)6-8-18(9-7-15)13(19)12(5-10-21-4)17-14(16)20/h11-12H,5-10H2,1-4H3,(H3,16,17,20)/t12-/m1/s1. The first-order chi connectivity index (χ1) is 9.80. The van der Waals surface area contributed by atoms with E-state index in [0.717, 1.165) is 31.7 Å². The maximum Gasteiger partial charge on any atom is 0.312 e. The fourth-order valence-corrected chi connectivity index (χ4v) is 3.17. The van der Waals surface area contributed by atoms with Crippen molar-refractivity contribution in [1.29, 1.82) is 0 Å². The number of nitrogens with two attached hydrogens (primary N) is 1. The van der Waals surface area contributed by atoms with Gasteiger partial charge < -0.3 is 16.0 Å². The lowest BCUT2D eigenvalue weighted by Gasteiger charge is -2.43. The highest BCUT2D eigenvalue weighted by Crippen LogP contribution is 2.38. The van der Waals surface area contributed by atoms with Crippen molar-refractivity contribution < 1.29 is 9.59 Å². The average molecular weight is 315 g/mol. The molecule has 0 bridgehead atoms. The molecule has 6 heteroatoms. The van der Waals surface area contributed by atoms with Crippen LogP contribution in [0, 0.1) is 11.3 Å². The molecule has 5 nitrogen and oxygen atoms in total. The van der Waals surface area contributed by atoms with E-state index < -0.39 is 12.1 Å². The van der Waals surface area contributed by atoms with Crippen molar-refractivity contribution >= 4 is 23.7 Å². The summed E-state index contributed by atoms with van der Waals surface area (Å²) in [5.41, 5.74) is 5.50. The van der Waals surface area contributed by atoms with Crippen LogP contribution in [0.25, 0.3) is 0 Å². The minimum Gasteiger partial charge on any atom is -0.352 e. The minimum absolute atomic E-state index is 0.00801. The van der Waals surface area contributed by atoms with Crippen LogP contribution in [0.15, 0.2) is 0 Å². The second kappa shape index (κ2) is 7.92. The molecule has 1 rings (SSSR count). The molecular weight excluding hydrogens is 286 g/mol. The van der Waals surface area contributed by atoms with Crippen molar-refractivity contribution in [2.75, 3.05) is 25.1 Å². The van der Waals surface area contributed by atoms with Crippen molar-refractivity contribution in [2.45, 2.75) is 46.1 Å². The number of carbonyl (C=O) groups is 2. The molecule has 1 atom stereocenters. The van der Waals surface area contributed by atoms with Crippen molar-refractivity contribution in [1.82, 2.24) is 10.2 Å². The van der Waals surface area contributed by atoms with Crippen LogP contribution >= 0.6 is 11.8 Å². The van der Waals surface area contributed by atoms with Crippen LogP contribution < -0.4 is 11.1 Å². The fraction of sp³-hybridized carbons (Fsp3) is 0.867. The van der Waals surface area contributed by atoms with E-state index in [1.54, 1.807) is 11.8 Å². The highest BCUT2D eigenvalue weighted by molar-refractivity contribution is 7.98. The Morgan fingerprint density at radius 3 is 2.33 bits per heavy atom. The number of hydrogen-bond acceptors (Lipinski definition) is 3. The van der Waals surface area contributed by atoms with Crippen molar-refractivity contribution in [3.8, 4) is 0 Å².